The molecular weight excluding hydrogens is 349 g/mol. The largest absolute Gasteiger partial charge is 0.363 e. The van der Waals surface area contributed by atoms with E-state index in [1.165, 1.54) is 17.2 Å². The lowest BCUT2D eigenvalue weighted by Crippen LogP contribution is -2.43. The van der Waals surface area contributed by atoms with Crippen molar-refractivity contribution in [2.45, 2.75) is 30.8 Å². The molecule has 4 rings (SSSR count). The highest BCUT2D eigenvalue weighted by molar-refractivity contribution is 7.99. The summed E-state index contributed by atoms with van der Waals surface area (Å²) in [6.45, 7) is 1.83. The first kappa shape index (κ1) is 17.6. The number of hydrogen-bond donors (Lipinski definition) is 0. The quantitative estimate of drug-likeness (QED) is 0.800. The monoisotopic (exact) mass is 371 g/mol. The number of rotatable bonds is 2. The topological polar surface area (TPSA) is 29.5 Å². The number of fused-ring (bicyclic) bond motifs is 1. The van der Waals surface area contributed by atoms with Crippen LogP contribution in [0, 0.1) is 5.82 Å². The van der Waals surface area contributed by atoms with Crippen LogP contribution in [0.4, 0.5) is 4.39 Å². The van der Waals surface area contributed by atoms with Crippen molar-refractivity contribution in [1.29, 1.82) is 0 Å². The fourth-order valence-electron chi connectivity index (χ4n) is 3.68. The van der Waals surface area contributed by atoms with Gasteiger partial charge in [0, 0.05) is 36.1 Å². The van der Waals surface area contributed by atoms with Crippen molar-refractivity contribution < 1.29 is 13.9 Å². The Hall–Kier alpha value is -1.85. The number of ether oxygens (including phenoxy) is 1. The average molecular weight is 371 g/mol. The van der Waals surface area contributed by atoms with E-state index < -0.39 is 6.10 Å². The zero-order valence-corrected chi connectivity index (χ0v) is 15.4. The van der Waals surface area contributed by atoms with Crippen LogP contribution in [0.2, 0.25) is 0 Å². The Balaban J connectivity index is 1.41. The number of carbonyl (C=O) groups is 1. The van der Waals surface area contributed by atoms with Crippen molar-refractivity contribution in [2.24, 2.45) is 0 Å². The van der Waals surface area contributed by atoms with Gasteiger partial charge in [-0.25, -0.2) is 4.39 Å². The minimum atomic E-state index is -0.403. The molecule has 0 aliphatic carbocycles. The summed E-state index contributed by atoms with van der Waals surface area (Å²) in [5, 5.41) is 0.0991. The molecule has 5 heteroatoms. The average Bonchev–Trinajstić information content (AvgIpc) is 2.93. The van der Waals surface area contributed by atoms with Gasteiger partial charge in [0.25, 0.3) is 5.91 Å². The molecule has 0 N–H and O–H groups in total. The minimum absolute atomic E-state index is 0.0642. The summed E-state index contributed by atoms with van der Waals surface area (Å²) in [5.41, 5.74) is 3.11. The number of amides is 1. The molecule has 2 atom stereocenters. The molecule has 1 saturated heterocycles. The van der Waals surface area contributed by atoms with Gasteiger partial charge in [0.15, 0.2) is 0 Å². The van der Waals surface area contributed by atoms with Crippen molar-refractivity contribution in [2.75, 3.05) is 18.8 Å². The number of hydrogen-bond acceptors (Lipinski definition) is 3. The molecule has 0 spiro atoms. The van der Waals surface area contributed by atoms with E-state index in [9.17, 15) is 9.18 Å². The van der Waals surface area contributed by atoms with Crippen LogP contribution < -0.4 is 0 Å². The Labute approximate surface area is 157 Å². The number of nitrogens with zero attached hydrogens (tertiary/aromatic N) is 1. The molecule has 0 radical (unpaired) electrons. The molecule has 0 aromatic heterocycles. The zero-order chi connectivity index (χ0) is 17.9. The minimum Gasteiger partial charge on any atom is -0.363 e. The third kappa shape index (κ3) is 3.64. The van der Waals surface area contributed by atoms with Crippen molar-refractivity contribution in [1.82, 2.24) is 4.90 Å². The van der Waals surface area contributed by atoms with Gasteiger partial charge in [-0.05, 0) is 23.6 Å². The molecule has 26 heavy (non-hydrogen) atoms. The highest BCUT2D eigenvalue weighted by Crippen LogP contribution is 2.36. The first-order chi connectivity index (χ1) is 12.7. The summed E-state index contributed by atoms with van der Waals surface area (Å²) >= 11 is 1.73. The molecule has 3 nitrogen and oxygen atoms in total. The van der Waals surface area contributed by atoms with E-state index in [1.807, 2.05) is 29.2 Å². The van der Waals surface area contributed by atoms with Gasteiger partial charge >= 0.3 is 0 Å². The Morgan fingerprint density at radius 2 is 1.85 bits per heavy atom. The molecule has 2 aliphatic heterocycles. The molecule has 0 saturated carbocycles. The van der Waals surface area contributed by atoms with Crippen molar-refractivity contribution in [3.63, 3.8) is 0 Å². The second-order valence-corrected chi connectivity index (χ2v) is 8.08. The van der Waals surface area contributed by atoms with Gasteiger partial charge in [-0.15, -0.1) is 0 Å². The highest BCUT2D eigenvalue weighted by Gasteiger charge is 2.31. The molecular formula is C21H22FNO2S. The Bertz CT molecular complexity index is 797. The van der Waals surface area contributed by atoms with E-state index in [0.717, 1.165) is 17.7 Å². The predicted octanol–water partition coefficient (Wildman–Crippen LogP) is 3.97. The first-order valence-corrected chi connectivity index (χ1v) is 10.1. The SMILES string of the molecule is O=C(C1Cc2ccccc2CO1)N1CCSC(c2ccccc2F)CC1. The normalized spacial score (nSPS) is 23.2. The van der Waals surface area contributed by atoms with E-state index >= 15 is 0 Å². The van der Waals surface area contributed by atoms with Gasteiger partial charge < -0.3 is 9.64 Å². The lowest BCUT2D eigenvalue weighted by molar-refractivity contribution is -0.145. The summed E-state index contributed by atoms with van der Waals surface area (Å²) in [5.74, 6) is 0.722. The molecule has 2 heterocycles. The summed E-state index contributed by atoms with van der Waals surface area (Å²) in [6.07, 6.45) is 0.996. The van der Waals surface area contributed by atoms with Crippen LogP contribution in [0.1, 0.15) is 28.4 Å². The fourth-order valence-corrected chi connectivity index (χ4v) is 4.94. The summed E-state index contributed by atoms with van der Waals surface area (Å²) in [4.78, 5) is 14.8. The van der Waals surface area contributed by atoms with Gasteiger partial charge in [-0.3, -0.25) is 4.79 Å². The summed E-state index contributed by atoms with van der Waals surface area (Å²) in [7, 11) is 0. The highest BCUT2D eigenvalue weighted by atomic mass is 32.2. The van der Waals surface area contributed by atoms with Gasteiger partial charge in [0.2, 0.25) is 0 Å². The van der Waals surface area contributed by atoms with Crippen LogP contribution in [-0.4, -0.2) is 35.8 Å². The maximum atomic E-state index is 14.1. The van der Waals surface area contributed by atoms with Gasteiger partial charge in [0.1, 0.15) is 11.9 Å². The maximum absolute atomic E-state index is 14.1. The first-order valence-electron chi connectivity index (χ1n) is 9.05. The third-order valence-corrected chi connectivity index (χ3v) is 6.45. The Morgan fingerprint density at radius 3 is 2.69 bits per heavy atom. The number of halogens is 1. The van der Waals surface area contributed by atoms with Crippen LogP contribution in [0.15, 0.2) is 48.5 Å². The van der Waals surface area contributed by atoms with Crippen LogP contribution >= 0.6 is 11.8 Å². The Morgan fingerprint density at radius 1 is 1.08 bits per heavy atom. The molecule has 1 fully saturated rings. The smallest absolute Gasteiger partial charge is 0.252 e. The second-order valence-electron chi connectivity index (χ2n) is 6.77. The van der Waals surface area contributed by atoms with E-state index in [1.54, 1.807) is 17.8 Å². The molecule has 2 unspecified atom stereocenters. The van der Waals surface area contributed by atoms with Crippen LogP contribution in [0.3, 0.4) is 0 Å². The van der Waals surface area contributed by atoms with Crippen molar-refractivity contribution >= 4 is 17.7 Å². The zero-order valence-electron chi connectivity index (χ0n) is 14.6. The molecule has 136 valence electrons. The van der Waals surface area contributed by atoms with E-state index in [0.29, 0.717) is 26.1 Å². The van der Waals surface area contributed by atoms with Gasteiger partial charge in [-0.1, -0.05) is 42.5 Å². The van der Waals surface area contributed by atoms with Crippen molar-refractivity contribution in [3.05, 3.63) is 71.0 Å². The number of carbonyl (C=O) groups excluding carboxylic acids is 1. The molecule has 1 amide bonds. The number of thioether (sulfide) groups is 1. The maximum Gasteiger partial charge on any atom is 0.252 e. The lowest BCUT2D eigenvalue weighted by atomic mass is 9.98. The number of benzene rings is 2. The molecule has 2 aliphatic rings. The summed E-state index contributed by atoms with van der Waals surface area (Å²) < 4.78 is 19.9. The predicted molar refractivity (Wildman–Crippen MR) is 102 cm³/mol. The van der Waals surface area contributed by atoms with Crippen LogP contribution in [0.25, 0.3) is 0 Å². The molecule has 0 bridgehead atoms. The standard InChI is InChI=1S/C21H22FNO2S/c22-18-8-4-3-7-17(18)20-9-10-23(11-12-26-20)21(24)19-13-15-5-1-2-6-16(15)14-25-19/h1-8,19-20H,9-14H2. The van der Waals surface area contributed by atoms with Crippen LogP contribution in [0.5, 0.6) is 0 Å². The second kappa shape index (κ2) is 7.80. The Kier molecular flexibility index (Phi) is 5.27. The third-order valence-electron chi connectivity index (χ3n) is 5.14. The van der Waals surface area contributed by atoms with E-state index in [4.69, 9.17) is 4.74 Å². The fraction of sp³-hybridized carbons (Fsp3) is 0.381. The van der Waals surface area contributed by atoms with E-state index in [-0.39, 0.29) is 17.0 Å². The molecule has 2 aromatic carbocycles. The lowest BCUT2D eigenvalue weighted by Gasteiger charge is -2.29. The van der Waals surface area contributed by atoms with Crippen molar-refractivity contribution in [3.8, 4) is 0 Å². The summed E-state index contributed by atoms with van der Waals surface area (Å²) in [6, 6.07) is 15.1. The van der Waals surface area contributed by atoms with E-state index in [2.05, 4.69) is 12.1 Å². The van der Waals surface area contributed by atoms with Crippen LogP contribution in [-0.2, 0) is 22.6 Å². The van der Waals surface area contributed by atoms with Gasteiger partial charge in [0.05, 0.1) is 6.61 Å². The van der Waals surface area contributed by atoms with Gasteiger partial charge in [-0.2, -0.15) is 11.8 Å². The molecule has 2 aromatic rings.